The minimum absolute atomic E-state index is 0.0119. The molecule has 0 radical (unpaired) electrons. The summed E-state index contributed by atoms with van der Waals surface area (Å²) in [6, 6.07) is 7.66. The van der Waals surface area contributed by atoms with Crippen molar-refractivity contribution in [3.05, 3.63) is 34.3 Å². The number of carbonyl (C=O) groups is 2. The number of nitrogens with zero attached hydrogens (tertiary/aromatic N) is 1. The normalized spacial score (nSPS) is 18.1. The first-order valence-electron chi connectivity index (χ1n) is 6.24. The number of hydrogen-bond acceptors (Lipinski definition) is 2. The van der Waals surface area contributed by atoms with E-state index in [1.165, 1.54) is 0 Å². The Morgan fingerprint density at radius 3 is 2.63 bits per heavy atom. The van der Waals surface area contributed by atoms with E-state index in [-0.39, 0.29) is 11.8 Å². The third kappa shape index (κ3) is 2.97. The first-order chi connectivity index (χ1) is 8.91. The minimum Gasteiger partial charge on any atom is -0.352 e. The van der Waals surface area contributed by atoms with Crippen LogP contribution in [-0.4, -0.2) is 35.3 Å². The molecule has 102 valence electrons. The van der Waals surface area contributed by atoms with E-state index >= 15 is 0 Å². The van der Waals surface area contributed by atoms with Gasteiger partial charge < -0.3 is 10.2 Å². The summed E-state index contributed by atoms with van der Waals surface area (Å²) < 4.78 is 0.987. The number of carbonyl (C=O) groups excluding carboxylic acids is 2. The molecule has 2 rings (SSSR count). The van der Waals surface area contributed by atoms with Gasteiger partial charge in [0.15, 0.2) is 0 Å². The summed E-state index contributed by atoms with van der Waals surface area (Å²) in [6.45, 7) is 4.64. The third-order valence-electron chi connectivity index (χ3n) is 3.42. The highest BCUT2D eigenvalue weighted by Crippen LogP contribution is 2.19. The Labute approximate surface area is 121 Å². The van der Waals surface area contributed by atoms with Crippen LogP contribution < -0.4 is 5.32 Å². The lowest BCUT2D eigenvalue weighted by Gasteiger charge is -2.41. The Morgan fingerprint density at radius 1 is 1.37 bits per heavy atom. The SMILES string of the molecule is CC1(C)C(=O)NCCN1C(=O)Cc1ccc(Br)cc1. The van der Waals surface area contributed by atoms with E-state index in [0.29, 0.717) is 19.5 Å². The molecule has 0 aromatic heterocycles. The fourth-order valence-electron chi connectivity index (χ4n) is 2.21. The number of nitrogens with one attached hydrogen (secondary N) is 1. The summed E-state index contributed by atoms with van der Waals surface area (Å²) in [5.74, 6) is -0.106. The van der Waals surface area contributed by atoms with E-state index < -0.39 is 5.54 Å². The lowest BCUT2D eigenvalue weighted by molar-refractivity contribution is -0.148. The van der Waals surface area contributed by atoms with Gasteiger partial charge in [0.05, 0.1) is 6.42 Å². The first-order valence-corrected chi connectivity index (χ1v) is 7.04. The lowest BCUT2D eigenvalue weighted by atomic mass is 9.97. The maximum Gasteiger partial charge on any atom is 0.245 e. The fourth-order valence-corrected chi connectivity index (χ4v) is 2.47. The van der Waals surface area contributed by atoms with Crippen LogP contribution in [0.2, 0.25) is 0 Å². The molecule has 0 aliphatic carbocycles. The minimum atomic E-state index is -0.773. The molecule has 19 heavy (non-hydrogen) atoms. The molecule has 1 heterocycles. The molecule has 1 fully saturated rings. The van der Waals surface area contributed by atoms with Crippen molar-refractivity contribution in [2.45, 2.75) is 25.8 Å². The quantitative estimate of drug-likeness (QED) is 0.900. The van der Waals surface area contributed by atoms with Crippen LogP contribution in [0.1, 0.15) is 19.4 Å². The smallest absolute Gasteiger partial charge is 0.245 e. The number of benzene rings is 1. The molecule has 1 aliphatic heterocycles. The summed E-state index contributed by atoms with van der Waals surface area (Å²) in [5, 5.41) is 2.79. The van der Waals surface area contributed by atoms with Crippen LogP contribution in [0.3, 0.4) is 0 Å². The van der Waals surface area contributed by atoms with Crippen LogP contribution in [0.15, 0.2) is 28.7 Å². The second kappa shape index (κ2) is 5.33. The molecule has 0 saturated carbocycles. The molecule has 0 atom stereocenters. The third-order valence-corrected chi connectivity index (χ3v) is 3.95. The van der Waals surface area contributed by atoms with Crippen LogP contribution >= 0.6 is 15.9 Å². The Morgan fingerprint density at radius 2 is 2.00 bits per heavy atom. The van der Waals surface area contributed by atoms with Crippen molar-refractivity contribution in [3.8, 4) is 0 Å². The number of piperazine rings is 1. The van der Waals surface area contributed by atoms with Gasteiger partial charge in [0.1, 0.15) is 5.54 Å². The van der Waals surface area contributed by atoms with Crippen molar-refractivity contribution in [1.29, 1.82) is 0 Å². The predicted octanol–water partition coefficient (Wildman–Crippen LogP) is 1.73. The van der Waals surface area contributed by atoms with E-state index in [1.54, 1.807) is 18.7 Å². The molecular formula is C14H17BrN2O2. The van der Waals surface area contributed by atoms with Gasteiger partial charge in [-0.15, -0.1) is 0 Å². The van der Waals surface area contributed by atoms with Crippen molar-refractivity contribution >= 4 is 27.7 Å². The highest BCUT2D eigenvalue weighted by Gasteiger charge is 2.40. The number of amides is 2. The van der Waals surface area contributed by atoms with Crippen LogP contribution in [0.25, 0.3) is 0 Å². The average molecular weight is 325 g/mol. The van der Waals surface area contributed by atoms with Gasteiger partial charge >= 0.3 is 0 Å². The van der Waals surface area contributed by atoms with Gasteiger partial charge in [-0.2, -0.15) is 0 Å². The molecule has 2 amide bonds. The van der Waals surface area contributed by atoms with Gasteiger partial charge in [-0.3, -0.25) is 9.59 Å². The van der Waals surface area contributed by atoms with E-state index in [9.17, 15) is 9.59 Å². The number of rotatable bonds is 2. The Bertz CT molecular complexity index is 497. The molecule has 0 spiro atoms. The van der Waals surface area contributed by atoms with E-state index in [4.69, 9.17) is 0 Å². The molecule has 1 aliphatic rings. The molecule has 1 saturated heterocycles. The maximum atomic E-state index is 12.3. The fraction of sp³-hybridized carbons (Fsp3) is 0.429. The van der Waals surface area contributed by atoms with Crippen molar-refractivity contribution in [3.63, 3.8) is 0 Å². The van der Waals surface area contributed by atoms with Crippen molar-refractivity contribution < 1.29 is 9.59 Å². The molecule has 0 bridgehead atoms. The van der Waals surface area contributed by atoms with Gasteiger partial charge in [-0.1, -0.05) is 28.1 Å². The predicted molar refractivity (Wildman–Crippen MR) is 76.6 cm³/mol. The van der Waals surface area contributed by atoms with Gasteiger partial charge in [-0.25, -0.2) is 0 Å². The largest absolute Gasteiger partial charge is 0.352 e. The topological polar surface area (TPSA) is 49.4 Å². The zero-order chi connectivity index (χ0) is 14.0. The molecule has 0 unspecified atom stereocenters. The summed E-state index contributed by atoms with van der Waals surface area (Å²) in [5.41, 5.74) is 0.181. The average Bonchev–Trinajstić information content (AvgIpc) is 2.35. The second-order valence-corrected chi connectivity index (χ2v) is 6.08. The molecule has 1 aromatic carbocycles. The maximum absolute atomic E-state index is 12.3. The lowest BCUT2D eigenvalue weighted by Crippen LogP contribution is -2.63. The van der Waals surface area contributed by atoms with Gasteiger partial charge in [0.2, 0.25) is 11.8 Å². The standard InChI is InChI=1S/C14H17BrN2O2/c1-14(2)13(19)16-7-8-17(14)12(18)9-10-3-5-11(15)6-4-10/h3-6H,7-9H2,1-2H3,(H,16,19). The summed E-state index contributed by atoms with van der Waals surface area (Å²) >= 11 is 3.37. The summed E-state index contributed by atoms with van der Waals surface area (Å²) in [7, 11) is 0. The van der Waals surface area contributed by atoms with Crippen LogP contribution in [0, 0.1) is 0 Å². The highest BCUT2D eigenvalue weighted by atomic mass is 79.9. The molecular weight excluding hydrogens is 308 g/mol. The zero-order valence-electron chi connectivity index (χ0n) is 11.1. The van der Waals surface area contributed by atoms with Crippen molar-refractivity contribution in [2.75, 3.05) is 13.1 Å². The van der Waals surface area contributed by atoms with E-state index in [2.05, 4.69) is 21.2 Å². The Kier molecular flexibility index (Phi) is 3.94. The molecule has 4 nitrogen and oxygen atoms in total. The molecule has 5 heteroatoms. The van der Waals surface area contributed by atoms with Crippen molar-refractivity contribution in [2.24, 2.45) is 0 Å². The monoisotopic (exact) mass is 324 g/mol. The molecule has 1 aromatic rings. The second-order valence-electron chi connectivity index (χ2n) is 5.16. The summed E-state index contributed by atoms with van der Waals surface area (Å²) in [6.07, 6.45) is 0.323. The number of hydrogen-bond donors (Lipinski definition) is 1. The summed E-state index contributed by atoms with van der Waals surface area (Å²) in [4.78, 5) is 25.8. The molecule has 1 N–H and O–H groups in total. The van der Waals surface area contributed by atoms with E-state index in [1.807, 2.05) is 24.3 Å². The Balaban J connectivity index is 2.11. The number of halogens is 1. The zero-order valence-corrected chi connectivity index (χ0v) is 12.7. The first kappa shape index (κ1) is 14.1. The van der Waals surface area contributed by atoms with Crippen molar-refractivity contribution in [1.82, 2.24) is 10.2 Å². The van der Waals surface area contributed by atoms with Gasteiger partial charge in [0.25, 0.3) is 0 Å². The van der Waals surface area contributed by atoms with Gasteiger partial charge in [0, 0.05) is 17.6 Å². The highest BCUT2D eigenvalue weighted by molar-refractivity contribution is 9.10. The van der Waals surface area contributed by atoms with E-state index in [0.717, 1.165) is 10.0 Å². The van der Waals surface area contributed by atoms with Crippen LogP contribution in [-0.2, 0) is 16.0 Å². The Hall–Kier alpha value is -1.36. The van der Waals surface area contributed by atoms with Gasteiger partial charge in [-0.05, 0) is 31.5 Å². The van der Waals surface area contributed by atoms with Crippen LogP contribution in [0.4, 0.5) is 0 Å². The van der Waals surface area contributed by atoms with Crippen LogP contribution in [0.5, 0.6) is 0 Å².